The first-order valence-corrected chi connectivity index (χ1v) is 9.31. The molecule has 0 saturated heterocycles. The Bertz CT molecular complexity index is 1230. The molecule has 4 rings (SSSR count). The zero-order valence-corrected chi connectivity index (χ0v) is 16.1. The van der Waals surface area contributed by atoms with Crippen LogP contribution in [0.15, 0.2) is 42.7 Å². The number of hydrogen-bond acceptors (Lipinski definition) is 5. The van der Waals surface area contributed by atoms with Crippen LogP contribution in [-0.2, 0) is 6.18 Å². The van der Waals surface area contributed by atoms with Gasteiger partial charge in [-0.15, -0.1) is 11.3 Å². The van der Waals surface area contributed by atoms with Gasteiger partial charge in [0.25, 0.3) is 5.91 Å². The Morgan fingerprint density at radius 2 is 1.90 bits per heavy atom. The molecule has 0 aliphatic rings. The largest absolute Gasteiger partial charge is 0.417 e. The van der Waals surface area contributed by atoms with Crippen molar-refractivity contribution in [1.82, 2.24) is 19.6 Å². The first kappa shape index (κ1) is 19.1. The second-order valence-corrected chi connectivity index (χ2v) is 7.60. The lowest BCUT2D eigenvalue weighted by Gasteiger charge is -2.13. The maximum atomic E-state index is 13.4. The predicted octanol–water partition coefficient (Wildman–Crippen LogP) is 4.74. The summed E-state index contributed by atoms with van der Waals surface area (Å²) in [6.45, 7) is 3.55. The van der Waals surface area contributed by atoms with E-state index in [-0.39, 0.29) is 22.1 Å². The maximum Gasteiger partial charge on any atom is 0.417 e. The molecule has 0 radical (unpaired) electrons. The van der Waals surface area contributed by atoms with Crippen molar-refractivity contribution in [2.24, 2.45) is 0 Å². The highest BCUT2D eigenvalue weighted by Crippen LogP contribution is 2.36. The van der Waals surface area contributed by atoms with E-state index in [0.29, 0.717) is 11.2 Å². The summed E-state index contributed by atoms with van der Waals surface area (Å²) in [5, 5.41) is 7.26. The molecule has 0 unspecified atom stereocenters. The Hall–Kier alpha value is -3.27. The number of hydrogen-bond donors (Lipinski definition) is 1. The molecule has 0 aliphatic heterocycles. The SMILES string of the molecule is Cc1cnc(C(=O)Nc2cnc3c(C)cc(-c4ccccc4C(F)(F)F)nn23)s1. The van der Waals surface area contributed by atoms with Gasteiger partial charge in [-0.25, -0.2) is 9.97 Å². The number of halogens is 3. The third kappa shape index (κ3) is 3.58. The lowest BCUT2D eigenvalue weighted by Crippen LogP contribution is -2.14. The molecule has 1 aromatic carbocycles. The van der Waals surface area contributed by atoms with Gasteiger partial charge in [0, 0.05) is 16.6 Å². The van der Waals surface area contributed by atoms with E-state index in [9.17, 15) is 18.0 Å². The number of nitrogens with one attached hydrogen (secondary N) is 1. The topological polar surface area (TPSA) is 72.2 Å². The van der Waals surface area contributed by atoms with Crippen LogP contribution in [0.3, 0.4) is 0 Å². The number of carbonyl (C=O) groups excluding carboxylic acids is 1. The molecule has 10 heteroatoms. The summed E-state index contributed by atoms with van der Waals surface area (Å²) in [5.41, 5.74) is 0.352. The van der Waals surface area contributed by atoms with Crippen molar-refractivity contribution in [2.45, 2.75) is 20.0 Å². The Labute approximate surface area is 167 Å². The summed E-state index contributed by atoms with van der Waals surface area (Å²) in [5.74, 6) is -0.197. The molecule has 0 spiro atoms. The molecule has 6 nitrogen and oxygen atoms in total. The van der Waals surface area contributed by atoms with Crippen molar-refractivity contribution in [3.8, 4) is 11.3 Å². The number of alkyl halides is 3. The number of benzene rings is 1. The third-order valence-electron chi connectivity index (χ3n) is 4.22. The second-order valence-electron chi connectivity index (χ2n) is 6.36. The van der Waals surface area contributed by atoms with E-state index in [1.807, 2.05) is 6.92 Å². The van der Waals surface area contributed by atoms with E-state index in [2.05, 4.69) is 20.4 Å². The summed E-state index contributed by atoms with van der Waals surface area (Å²) in [4.78, 5) is 21.5. The summed E-state index contributed by atoms with van der Waals surface area (Å²) in [6, 6.07) is 6.77. The highest BCUT2D eigenvalue weighted by molar-refractivity contribution is 7.13. The number of imidazole rings is 1. The van der Waals surface area contributed by atoms with Gasteiger partial charge in [0.05, 0.1) is 17.5 Å². The molecule has 148 valence electrons. The van der Waals surface area contributed by atoms with Crippen molar-refractivity contribution >= 4 is 28.7 Å². The summed E-state index contributed by atoms with van der Waals surface area (Å²) >= 11 is 1.23. The van der Waals surface area contributed by atoms with Gasteiger partial charge in [0.2, 0.25) is 0 Å². The number of aromatic nitrogens is 4. The molecule has 0 bridgehead atoms. The molecule has 1 N–H and O–H groups in total. The van der Waals surface area contributed by atoms with Crippen LogP contribution >= 0.6 is 11.3 Å². The number of carbonyl (C=O) groups is 1. The standard InChI is InChI=1S/C19H14F3N5OS/c1-10-7-14(12-5-3-4-6-13(12)19(20,21)22)26-27-15(9-23-16(10)27)25-17(28)18-24-8-11(2)29-18/h3-9H,1-2H3,(H,25,28). The molecule has 4 aromatic rings. The van der Waals surface area contributed by atoms with Crippen molar-refractivity contribution in [3.63, 3.8) is 0 Å². The van der Waals surface area contributed by atoms with Crippen molar-refractivity contribution in [1.29, 1.82) is 0 Å². The molecular formula is C19H14F3N5OS. The van der Waals surface area contributed by atoms with Crippen molar-refractivity contribution in [3.05, 3.63) is 63.7 Å². The van der Waals surface area contributed by atoms with Crippen LogP contribution in [0, 0.1) is 13.8 Å². The Kier molecular flexibility index (Phi) is 4.58. The third-order valence-corrected chi connectivity index (χ3v) is 5.13. The van der Waals surface area contributed by atoms with Crippen molar-refractivity contribution in [2.75, 3.05) is 5.32 Å². The van der Waals surface area contributed by atoms with Gasteiger partial charge in [-0.05, 0) is 31.5 Å². The number of anilines is 1. The van der Waals surface area contributed by atoms with Crippen LogP contribution in [0.5, 0.6) is 0 Å². The number of thiazole rings is 1. The average Bonchev–Trinajstić information content (AvgIpc) is 3.28. The van der Waals surface area contributed by atoms with Crippen LogP contribution in [0.25, 0.3) is 16.9 Å². The van der Waals surface area contributed by atoms with Gasteiger partial charge in [-0.2, -0.15) is 22.8 Å². The van der Waals surface area contributed by atoms with E-state index < -0.39 is 17.6 Å². The van der Waals surface area contributed by atoms with E-state index in [1.165, 1.54) is 40.2 Å². The maximum absolute atomic E-state index is 13.4. The fourth-order valence-electron chi connectivity index (χ4n) is 2.92. The van der Waals surface area contributed by atoms with Crippen LogP contribution in [0.4, 0.5) is 19.0 Å². The van der Waals surface area contributed by atoms with Gasteiger partial charge < -0.3 is 5.32 Å². The number of rotatable bonds is 3. The van der Waals surface area contributed by atoms with Gasteiger partial charge in [0.1, 0.15) is 0 Å². The molecule has 3 heterocycles. The van der Waals surface area contributed by atoms with Crippen LogP contribution in [0.2, 0.25) is 0 Å². The lowest BCUT2D eigenvalue weighted by atomic mass is 10.0. The zero-order valence-electron chi connectivity index (χ0n) is 15.3. The van der Waals surface area contributed by atoms with Gasteiger partial charge in [0.15, 0.2) is 16.5 Å². The molecular weight excluding hydrogens is 403 g/mol. The fraction of sp³-hybridized carbons (Fsp3) is 0.158. The van der Waals surface area contributed by atoms with E-state index >= 15 is 0 Å². The minimum Gasteiger partial charge on any atom is -0.303 e. The van der Waals surface area contributed by atoms with Crippen LogP contribution < -0.4 is 5.32 Å². The number of fused-ring (bicyclic) bond motifs is 1. The van der Waals surface area contributed by atoms with Crippen molar-refractivity contribution < 1.29 is 18.0 Å². The summed E-state index contributed by atoms with van der Waals surface area (Å²) in [6.07, 6.45) is -1.52. The smallest absolute Gasteiger partial charge is 0.303 e. The van der Waals surface area contributed by atoms with E-state index in [4.69, 9.17) is 0 Å². The fourth-order valence-corrected chi connectivity index (χ4v) is 3.58. The Morgan fingerprint density at radius 1 is 1.14 bits per heavy atom. The first-order valence-electron chi connectivity index (χ1n) is 8.50. The highest BCUT2D eigenvalue weighted by atomic mass is 32.1. The zero-order chi connectivity index (χ0) is 20.8. The van der Waals surface area contributed by atoms with Crippen LogP contribution in [0.1, 0.15) is 25.8 Å². The Balaban J connectivity index is 1.80. The second kappa shape index (κ2) is 6.96. The quantitative estimate of drug-likeness (QED) is 0.523. The van der Waals surface area contributed by atoms with E-state index in [0.717, 1.165) is 10.9 Å². The Morgan fingerprint density at radius 3 is 2.59 bits per heavy atom. The molecule has 0 aliphatic carbocycles. The minimum atomic E-state index is -4.52. The average molecular weight is 417 g/mol. The normalized spacial score (nSPS) is 11.8. The molecule has 0 saturated carbocycles. The summed E-state index contributed by atoms with van der Waals surface area (Å²) < 4.78 is 41.6. The van der Waals surface area contributed by atoms with Gasteiger partial charge in [-0.3, -0.25) is 4.79 Å². The molecule has 29 heavy (non-hydrogen) atoms. The monoisotopic (exact) mass is 417 g/mol. The molecule has 0 fully saturated rings. The molecule has 0 atom stereocenters. The predicted molar refractivity (Wildman–Crippen MR) is 103 cm³/mol. The first-order chi connectivity index (χ1) is 13.7. The highest BCUT2D eigenvalue weighted by Gasteiger charge is 2.34. The number of aryl methyl sites for hydroxylation is 2. The lowest BCUT2D eigenvalue weighted by molar-refractivity contribution is -0.137. The van der Waals surface area contributed by atoms with Gasteiger partial charge >= 0.3 is 6.18 Å². The van der Waals surface area contributed by atoms with E-state index in [1.54, 1.807) is 19.2 Å². The van der Waals surface area contributed by atoms with Gasteiger partial charge in [-0.1, -0.05) is 18.2 Å². The number of amides is 1. The minimum absolute atomic E-state index is 0.0495. The van der Waals surface area contributed by atoms with Crippen LogP contribution in [-0.4, -0.2) is 25.5 Å². The molecule has 1 amide bonds. The number of nitrogens with zero attached hydrogens (tertiary/aromatic N) is 4. The summed E-state index contributed by atoms with van der Waals surface area (Å²) in [7, 11) is 0. The molecule has 3 aromatic heterocycles.